The number of carbonyl (C=O) groups excluding carboxylic acids is 1. The summed E-state index contributed by atoms with van der Waals surface area (Å²) in [6, 6.07) is 13.7. The van der Waals surface area contributed by atoms with Crippen molar-refractivity contribution < 1.29 is 4.79 Å². The van der Waals surface area contributed by atoms with Crippen LogP contribution in [0.2, 0.25) is 15.1 Å². The van der Waals surface area contributed by atoms with Gasteiger partial charge in [-0.25, -0.2) is 4.98 Å². The Morgan fingerprint density at radius 1 is 1.08 bits per heavy atom. The second-order valence-corrected chi connectivity index (χ2v) is 10.7. The van der Waals surface area contributed by atoms with Crippen molar-refractivity contribution in [2.45, 2.75) is 38.1 Å². The van der Waals surface area contributed by atoms with Gasteiger partial charge in [0.05, 0.1) is 23.2 Å². The van der Waals surface area contributed by atoms with E-state index in [1.54, 1.807) is 36.5 Å². The Morgan fingerprint density at radius 3 is 2.50 bits per heavy atom. The van der Waals surface area contributed by atoms with Crippen molar-refractivity contribution in [1.29, 1.82) is 0 Å². The first kappa shape index (κ1) is 25.0. The van der Waals surface area contributed by atoms with Gasteiger partial charge in [0.1, 0.15) is 11.9 Å². The maximum Gasteiger partial charge on any atom is 0.249 e. The van der Waals surface area contributed by atoms with Gasteiger partial charge in [-0.05, 0) is 61.9 Å². The lowest BCUT2D eigenvalue weighted by atomic mass is 10.0. The summed E-state index contributed by atoms with van der Waals surface area (Å²) in [5.41, 5.74) is 9.31. The third-order valence-electron chi connectivity index (χ3n) is 6.40. The van der Waals surface area contributed by atoms with E-state index in [0.717, 1.165) is 22.5 Å². The van der Waals surface area contributed by atoms with Crippen LogP contribution in [0.4, 0.5) is 11.5 Å². The van der Waals surface area contributed by atoms with Crippen molar-refractivity contribution in [2.75, 3.05) is 16.8 Å². The molecule has 1 saturated heterocycles. The molecule has 186 valence electrons. The first-order chi connectivity index (χ1) is 17.1. The molecule has 2 atom stereocenters. The van der Waals surface area contributed by atoms with Crippen LogP contribution < -0.4 is 21.3 Å². The van der Waals surface area contributed by atoms with E-state index < -0.39 is 6.04 Å². The van der Waals surface area contributed by atoms with Crippen LogP contribution in [-0.2, 0) is 11.2 Å². The highest BCUT2D eigenvalue weighted by Crippen LogP contribution is 2.31. The highest BCUT2D eigenvalue weighted by atomic mass is 35.5. The molecule has 0 aliphatic carbocycles. The van der Waals surface area contributed by atoms with Crippen LogP contribution in [0.1, 0.15) is 30.5 Å². The number of hydrogen-bond acceptors (Lipinski definition) is 6. The van der Waals surface area contributed by atoms with Gasteiger partial charge >= 0.3 is 0 Å². The zero-order valence-electron chi connectivity index (χ0n) is 19.7. The van der Waals surface area contributed by atoms with Crippen molar-refractivity contribution in [1.82, 2.24) is 10.3 Å². The number of carbonyl (C=O) groups is 1. The highest BCUT2D eigenvalue weighted by molar-refractivity contribution is 6.35. The Hall–Kier alpha value is -2.68. The van der Waals surface area contributed by atoms with Crippen molar-refractivity contribution in [3.63, 3.8) is 0 Å². The summed E-state index contributed by atoms with van der Waals surface area (Å²) < 4.78 is 0. The second-order valence-electron chi connectivity index (χ2n) is 9.44. The standard InChI is InChI=1S/C26H25Cl3N6O/c1-26(2)34-22(30)13-35(26)23-8-4-15(12-31-23)24-18-10-16(27)6-7-20(18)33-25(36)21(32-24)9-14-3-5-17(28)11-19(14)29/h3-8,10-12,21-22,34H,9,13,30H2,1-2H3,(H,33,36). The molecule has 3 heterocycles. The number of nitrogens with one attached hydrogen (secondary N) is 2. The third-order valence-corrected chi connectivity index (χ3v) is 7.22. The molecule has 5 rings (SSSR count). The summed E-state index contributed by atoms with van der Waals surface area (Å²) in [6.45, 7) is 4.76. The van der Waals surface area contributed by atoms with Crippen LogP contribution in [0, 0.1) is 0 Å². The molecule has 2 aromatic carbocycles. The Kier molecular flexibility index (Phi) is 6.70. The summed E-state index contributed by atoms with van der Waals surface area (Å²) in [4.78, 5) is 24.9. The Labute approximate surface area is 224 Å². The number of hydrogen-bond donors (Lipinski definition) is 3. The summed E-state index contributed by atoms with van der Waals surface area (Å²) in [7, 11) is 0. The molecule has 1 aromatic heterocycles. The smallest absolute Gasteiger partial charge is 0.249 e. The summed E-state index contributed by atoms with van der Waals surface area (Å²) in [5.74, 6) is 0.562. The number of amides is 1. The van der Waals surface area contributed by atoms with E-state index in [1.165, 1.54) is 0 Å². The van der Waals surface area contributed by atoms with Gasteiger partial charge in [-0.3, -0.25) is 15.1 Å². The maximum absolute atomic E-state index is 13.2. The van der Waals surface area contributed by atoms with Gasteiger partial charge < -0.3 is 16.0 Å². The molecule has 1 amide bonds. The predicted octanol–water partition coefficient (Wildman–Crippen LogP) is 4.87. The fraction of sp³-hybridized carbons (Fsp3) is 0.269. The fourth-order valence-electron chi connectivity index (χ4n) is 4.65. The van der Waals surface area contributed by atoms with E-state index in [4.69, 9.17) is 50.5 Å². The normalized spacial score (nSPS) is 21.0. The lowest BCUT2D eigenvalue weighted by Crippen LogP contribution is -2.48. The lowest BCUT2D eigenvalue weighted by molar-refractivity contribution is -0.117. The van der Waals surface area contributed by atoms with Gasteiger partial charge in [0.2, 0.25) is 5.91 Å². The number of rotatable bonds is 4. The molecule has 2 unspecified atom stereocenters. The molecule has 7 nitrogen and oxygen atoms in total. The highest BCUT2D eigenvalue weighted by Gasteiger charge is 2.37. The number of nitrogens with two attached hydrogens (primary N) is 1. The third kappa shape index (κ3) is 4.94. The van der Waals surface area contributed by atoms with Crippen molar-refractivity contribution in [2.24, 2.45) is 10.7 Å². The largest absolute Gasteiger partial charge is 0.336 e. The summed E-state index contributed by atoms with van der Waals surface area (Å²) in [6.07, 6.45) is 1.93. The zero-order valence-corrected chi connectivity index (χ0v) is 22.0. The second kappa shape index (κ2) is 9.65. The number of aliphatic imine (C=N–C) groups is 1. The molecule has 10 heteroatoms. The minimum absolute atomic E-state index is 0.140. The predicted molar refractivity (Wildman–Crippen MR) is 146 cm³/mol. The summed E-state index contributed by atoms with van der Waals surface area (Å²) >= 11 is 18.8. The average molecular weight is 544 g/mol. The van der Waals surface area contributed by atoms with Crippen molar-refractivity contribution in [3.05, 3.63) is 86.5 Å². The van der Waals surface area contributed by atoms with Crippen LogP contribution in [0.3, 0.4) is 0 Å². The molecule has 3 aromatic rings. The molecule has 2 aliphatic rings. The quantitative estimate of drug-likeness (QED) is 0.436. The Balaban J connectivity index is 1.55. The first-order valence-corrected chi connectivity index (χ1v) is 12.6. The number of fused-ring (bicyclic) bond motifs is 1. The number of benzodiazepines with no additional fused rings is 1. The topological polar surface area (TPSA) is 95.6 Å². The number of anilines is 2. The number of benzene rings is 2. The molecule has 0 bridgehead atoms. The minimum atomic E-state index is -0.718. The van der Waals surface area contributed by atoms with E-state index in [9.17, 15) is 4.79 Å². The average Bonchev–Trinajstić information content (AvgIpc) is 3.02. The molecule has 2 aliphatic heterocycles. The van der Waals surface area contributed by atoms with Gasteiger partial charge in [-0.2, -0.15) is 0 Å². The molecular weight excluding hydrogens is 519 g/mol. The molecular formula is C26H25Cl3N6O. The zero-order chi connectivity index (χ0) is 25.6. The maximum atomic E-state index is 13.2. The van der Waals surface area contributed by atoms with Crippen LogP contribution in [-0.4, -0.2) is 41.0 Å². The molecule has 1 fully saturated rings. The van der Waals surface area contributed by atoms with Gasteiger partial charge in [0.25, 0.3) is 0 Å². The van der Waals surface area contributed by atoms with Crippen LogP contribution in [0.25, 0.3) is 0 Å². The Bertz CT molecular complexity index is 1360. The number of nitrogens with zero attached hydrogens (tertiary/aromatic N) is 3. The molecule has 0 spiro atoms. The van der Waals surface area contributed by atoms with Gasteiger partial charge in [-0.1, -0.05) is 40.9 Å². The van der Waals surface area contributed by atoms with Crippen LogP contribution in [0.5, 0.6) is 0 Å². The Morgan fingerprint density at radius 2 is 1.83 bits per heavy atom. The van der Waals surface area contributed by atoms with Gasteiger partial charge in [0.15, 0.2) is 0 Å². The van der Waals surface area contributed by atoms with Crippen molar-refractivity contribution >= 4 is 57.9 Å². The lowest BCUT2D eigenvalue weighted by Gasteiger charge is -2.32. The van der Waals surface area contributed by atoms with Gasteiger partial charge in [0, 0.05) is 45.4 Å². The van der Waals surface area contributed by atoms with E-state index in [1.807, 2.05) is 18.2 Å². The van der Waals surface area contributed by atoms with E-state index in [-0.39, 0.29) is 17.7 Å². The van der Waals surface area contributed by atoms with E-state index in [2.05, 4.69) is 29.4 Å². The van der Waals surface area contributed by atoms with Crippen LogP contribution >= 0.6 is 34.8 Å². The van der Waals surface area contributed by atoms with E-state index in [0.29, 0.717) is 39.4 Å². The van der Waals surface area contributed by atoms with E-state index >= 15 is 0 Å². The number of aromatic nitrogens is 1. The molecule has 0 radical (unpaired) electrons. The van der Waals surface area contributed by atoms with Crippen LogP contribution in [0.15, 0.2) is 59.7 Å². The monoisotopic (exact) mass is 542 g/mol. The molecule has 0 saturated carbocycles. The summed E-state index contributed by atoms with van der Waals surface area (Å²) in [5, 5.41) is 7.90. The number of halogens is 3. The fourth-order valence-corrected chi connectivity index (χ4v) is 5.31. The molecule has 36 heavy (non-hydrogen) atoms. The number of pyridine rings is 1. The minimum Gasteiger partial charge on any atom is -0.336 e. The molecule has 4 N–H and O–H groups in total. The SMILES string of the molecule is CC1(C)NC(N)CN1c1ccc(C2=NC(Cc3ccc(Cl)cc3Cl)C(=O)Nc3ccc(Cl)cc32)cn1. The van der Waals surface area contributed by atoms with Crippen molar-refractivity contribution in [3.8, 4) is 0 Å². The first-order valence-electron chi connectivity index (χ1n) is 11.5. The van der Waals surface area contributed by atoms with Gasteiger partial charge in [-0.15, -0.1) is 0 Å².